The second kappa shape index (κ2) is 9.65. The second-order valence-electron chi connectivity index (χ2n) is 5.01. The van der Waals surface area contributed by atoms with Gasteiger partial charge in [-0.15, -0.1) is 35.3 Å². The number of guanidine groups is 1. The minimum atomic E-state index is -1.09. The van der Waals surface area contributed by atoms with Gasteiger partial charge in [0.15, 0.2) is 5.96 Å². The van der Waals surface area contributed by atoms with Gasteiger partial charge < -0.3 is 20.2 Å². The van der Waals surface area contributed by atoms with E-state index in [1.807, 2.05) is 19.1 Å². The van der Waals surface area contributed by atoms with Crippen LogP contribution in [-0.2, 0) is 12.1 Å². The largest absolute Gasteiger partial charge is 0.466 e. The topological polar surface area (TPSA) is 69.8 Å². The van der Waals surface area contributed by atoms with Crippen molar-refractivity contribution in [2.24, 2.45) is 4.99 Å². The van der Waals surface area contributed by atoms with Crippen LogP contribution in [0.2, 0.25) is 0 Å². The molecule has 2 aromatic heterocycles. The summed E-state index contributed by atoms with van der Waals surface area (Å²) in [6, 6.07) is 7.57. The SMILES string of the molecule is CCNC(=NCc1ccc(Br)s1)NCC(C)(O)c1ccco1.I. The van der Waals surface area contributed by atoms with Crippen LogP contribution >= 0.6 is 51.2 Å². The molecule has 2 aromatic rings. The molecule has 8 heteroatoms. The summed E-state index contributed by atoms with van der Waals surface area (Å²) in [5, 5.41) is 16.8. The maximum atomic E-state index is 10.4. The average Bonchev–Trinajstić information content (AvgIpc) is 3.13. The standard InChI is InChI=1S/C15H20BrN3O2S.HI/c1-3-17-14(18-9-11-6-7-13(16)22-11)19-10-15(2,20)12-5-4-8-21-12;/h4-8,20H,3,9-10H2,1-2H3,(H2,17,18,19);1H. The molecule has 0 spiro atoms. The Hall–Kier alpha value is -0.580. The fraction of sp³-hybridized carbons (Fsp3) is 0.400. The van der Waals surface area contributed by atoms with Crippen molar-refractivity contribution >= 4 is 57.2 Å². The van der Waals surface area contributed by atoms with Gasteiger partial charge in [-0.2, -0.15) is 0 Å². The highest BCUT2D eigenvalue weighted by atomic mass is 127. The van der Waals surface area contributed by atoms with Crippen molar-refractivity contribution in [2.45, 2.75) is 26.0 Å². The Morgan fingerprint density at radius 2 is 2.17 bits per heavy atom. The molecular formula is C15H21BrIN3O2S. The molecule has 0 saturated carbocycles. The fourth-order valence-electron chi connectivity index (χ4n) is 1.86. The molecule has 2 rings (SSSR count). The molecule has 3 N–H and O–H groups in total. The minimum absolute atomic E-state index is 0. The number of aliphatic imine (C=N–C) groups is 1. The smallest absolute Gasteiger partial charge is 0.191 e. The monoisotopic (exact) mass is 513 g/mol. The van der Waals surface area contributed by atoms with Gasteiger partial charge in [0.05, 0.1) is 23.1 Å². The van der Waals surface area contributed by atoms with Crippen molar-refractivity contribution in [3.63, 3.8) is 0 Å². The number of hydrogen-bond donors (Lipinski definition) is 3. The molecule has 128 valence electrons. The number of rotatable bonds is 6. The van der Waals surface area contributed by atoms with Gasteiger partial charge in [-0.1, -0.05) is 0 Å². The maximum absolute atomic E-state index is 10.4. The lowest BCUT2D eigenvalue weighted by atomic mass is 10.0. The minimum Gasteiger partial charge on any atom is -0.466 e. The van der Waals surface area contributed by atoms with E-state index in [1.54, 1.807) is 36.7 Å². The number of hydrogen-bond acceptors (Lipinski definition) is 4. The molecule has 1 unspecified atom stereocenters. The summed E-state index contributed by atoms with van der Waals surface area (Å²) in [6.45, 7) is 5.36. The first-order valence-electron chi connectivity index (χ1n) is 7.04. The molecule has 0 radical (unpaired) electrons. The third-order valence-corrected chi connectivity index (χ3v) is 4.63. The zero-order valence-electron chi connectivity index (χ0n) is 13.0. The van der Waals surface area contributed by atoms with Crippen molar-refractivity contribution in [2.75, 3.05) is 13.1 Å². The van der Waals surface area contributed by atoms with Gasteiger partial charge in [0.2, 0.25) is 0 Å². The first kappa shape index (κ1) is 20.5. The highest BCUT2D eigenvalue weighted by Crippen LogP contribution is 2.22. The normalized spacial score (nSPS) is 14.0. The van der Waals surface area contributed by atoms with Gasteiger partial charge in [0.25, 0.3) is 0 Å². The predicted molar refractivity (Wildman–Crippen MR) is 109 cm³/mol. The van der Waals surface area contributed by atoms with Crippen LogP contribution in [0, 0.1) is 0 Å². The molecular weight excluding hydrogens is 493 g/mol. The van der Waals surface area contributed by atoms with Crippen LogP contribution < -0.4 is 10.6 Å². The molecule has 0 aliphatic heterocycles. The van der Waals surface area contributed by atoms with Gasteiger partial charge in [0, 0.05) is 11.4 Å². The third-order valence-electron chi connectivity index (χ3n) is 3.02. The average molecular weight is 514 g/mol. The Balaban J connectivity index is 0.00000264. The number of furan rings is 1. The molecule has 2 heterocycles. The molecule has 0 aromatic carbocycles. The van der Waals surface area contributed by atoms with Crippen molar-refractivity contribution in [3.8, 4) is 0 Å². The predicted octanol–water partition coefficient (Wildman–Crippen LogP) is 3.68. The lowest BCUT2D eigenvalue weighted by molar-refractivity contribution is 0.0386. The Kier molecular flexibility index (Phi) is 8.59. The molecule has 0 fully saturated rings. The molecule has 0 aliphatic rings. The highest BCUT2D eigenvalue weighted by Gasteiger charge is 2.26. The summed E-state index contributed by atoms with van der Waals surface area (Å²) in [4.78, 5) is 5.69. The van der Waals surface area contributed by atoms with E-state index in [2.05, 4.69) is 31.6 Å². The van der Waals surface area contributed by atoms with E-state index in [9.17, 15) is 5.11 Å². The zero-order valence-corrected chi connectivity index (χ0v) is 17.7. The van der Waals surface area contributed by atoms with E-state index < -0.39 is 5.60 Å². The summed E-state index contributed by atoms with van der Waals surface area (Å²) in [6.07, 6.45) is 1.55. The van der Waals surface area contributed by atoms with Crippen LogP contribution in [0.3, 0.4) is 0 Å². The van der Waals surface area contributed by atoms with Gasteiger partial charge >= 0.3 is 0 Å². The van der Waals surface area contributed by atoms with Gasteiger partial charge in [0.1, 0.15) is 11.4 Å². The Labute approximate surface area is 165 Å². The Morgan fingerprint density at radius 3 is 2.74 bits per heavy atom. The van der Waals surface area contributed by atoms with Crippen LogP contribution in [0.15, 0.2) is 43.7 Å². The summed E-state index contributed by atoms with van der Waals surface area (Å²) >= 11 is 5.10. The number of nitrogens with zero attached hydrogens (tertiary/aromatic N) is 1. The van der Waals surface area contributed by atoms with E-state index in [0.717, 1.165) is 10.3 Å². The van der Waals surface area contributed by atoms with Gasteiger partial charge in [-0.3, -0.25) is 0 Å². The van der Waals surface area contributed by atoms with Gasteiger partial charge in [-0.25, -0.2) is 4.99 Å². The molecule has 0 saturated heterocycles. The first-order valence-corrected chi connectivity index (χ1v) is 8.65. The molecule has 0 bridgehead atoms. The summed E-state index contributed by atoms with van der Waals surface area (Å²) in [5.74, 6) is 1.19. The fourth-order valence-corrected chi connectivity index (χ4v) is 3.27. The van der Waals surface area contributed by atoms with Crippen LogP contribution in [0.5, 0.6) is 0 Å². The van der Waals surface area contributed by atoms with Crippen LogP contribution in [-0.4, -0.2) is 24.2 Å². The third kappa shape index (κ3) is 6.44. The van der Waals surface area contributed by atoms with Crippen LogP contribution in [0.25, 0.3) is 0 Å². The number of aliphatic hydroxyl groups is 1. The van der Waals surface area contributed by atoms with Crippen molar-refractivity contribution in [3.05, 3.63) is 45.0 Å². The first-order chi connectivity index (χ1) is 10.5. The summed E-state index contributed by atoms with van der Waals surface area (Å²) in [5.41, 5.74) is -1.09. The molecule has 5 nitrogen and oxygen atoms in total. The van der Waals surface area contributed by atoms with Gasteiger partial charge in [-0.05, 0) is 54.0 Å². The molecule has 0 aliphatic carbocycles. The van der Waals surface area contributed by atoms with E-state index in [1.165, 1.54) is 4.88 Å². The summed E-state index contributed by atoms with van der Waals surface area (Å²) < 4.78 is 6.36. The number of halogens is 2. The van der Waals surface area contributed by atoms with Crippen LogP contribution in [0.1, 0.15) is 24.5 Å². The number of thiophene rings is 1. The molecule has 23 heavy (non-hydrogen) atoms. The van der Waals surface area contributed by atoms with E-state index in [-0.39, 0.29) is 24.0 Å². The van der Waals surface area contributed by atoms with Crippen LogP contribution in [0.4, 0.5) is 0 Å². The lowest BCUT2D eigenvalue weighted by Crippen LogP contribution is -2.44. The van der Waals surface area contributed by atoms with E-state index in [0.29, 0.717) is 24.8 Å². The van der Waals surface area contributed by atoms with Crippen molar-refractivity contribution in [1.82, 2.24) is 10.6 Å². The Bertz CT molecular complexity index is 614. The highest BCUT2D eigenvalue weighted by molar-refractivity contribution is 14.0. The zero-order chi connectivity index (χ0) is 16.0. The second-order valence-corrected chi connectivity index (χ2v) is 7.55. The summed E-state index contributed by atoms with van der Waals surface area (Å²) in [7, 11) is 0. The van der Waals surface area contributed by atoms with Crippen molar-refractivity contribution in [1.29, 1.82) is 0 Å². The number of nitrogens with one attached hydrogen (secondary N) is 2. The Morgan fingerprint density at radius 1 is 1.39 bits per heavy atom. The quantitative estimate of drug-likeness (QED) is 0.313. The van der Waals surface area contributed by atoms with E-state index in [4.69, 9.17) is 4.42 Å². The lowest BCUT2D eigenvalue weighted by Gasteiger charge is -2.22. The molecule has 1 atom stereocenters. The molecule has 0 amide bonds. The van der Waals surface area contributed by atoms with E-state index >= 15 is 0 Å². The van der Waals surface area contributed by atoms with Crippen molar-refractivity contribution < 1.29 is 9.52 Å². The maximum Gasteiger partial charge on any atom is 0.191 e.